The molecule has 0 bridgehead atoms. The Morgan fingerprint density at radius 2 is 1.75 bits per heavy atom. The minimum absolute atomic E-state index is 0. The zero-order valence-electron chi connectivity index (χ0n) is 5.52. The van der Waals surface area contributed by atoms with Gasteiger partial charge in [-0.05, 0) is 5.92 Å². The van der Waals surface area contributed by atoms with E-state index in [0.717, 1.165) is 0 Å². The fourth-order valence-electron chi connectivity index (χ4n) is 0.272. The smallest absolute Gasteiger partial charge is 0.0186 e. The van der Waals surface area contributed by atoms with Gasteiger partial charge in [0, 0.05) is 12.6 Å². The van der Waals surface area contributed by atoms with Crippen LogP contribution in [0.3, 0.4) is 0 Å². The molecule has 8 heavy (non-hydrogen) atoms. The molecule has 0 amide bonds. The van der Waals surface area contributed by atoms with Gasteiger partial charge in [-0.2, -0.15) is 13.5 Å². The van der Waals surface area contributed by atoms with E-state index in [-0.39, 0.29) is 19.5 Å². The third-order valence-corrected chi connectivity index (χ3v) is 1.13. The summed E-state index contributed by atoms with van der Waals surface area (Å²) in [4.78, 5) is 0. The summed E-state index contributed by atoms with van der Waals surface area (Å²) < 4.78 is 0. The van der Waals surface area contributed by atoms with E-state index in [0.29, 0.717) is 12.5 Å². The molecule has 2 nitrogen and oxygen atoms in total. The van der Waals surface area contributed by atoms with Gasteiger partial charge in [0.2, 0.25) is 0 Å². The molecule has 0 aromatic carbocycles. The van der Waals surface area contributed by atoms with Crippen molar-refractivity contribution in [1.29, 1.82) is 0 Å². The molecule has 0 radical (unpaired) electrons. The van der Waals surface area contributed by atoms with Crippen molar-refractivity contribution in [2.24, 2.45) is 17.4 Å². The second-order valence-corrected chi connectivity index (χ2v) is 2.14. The molecular formula is C5H16N2S. The molecule has 0 saturated carbocycles. The van der Waals surface area contributed by atoms with Crippen LogP contribution in [0.2, 0.25) is 0 Å². The summed E-state index contributed by atoms with van der Waals surface area (Å²) in [6.45, 7) is 4.73. The van der Waals surface area contributed by atoms with Crippen LogP contribution in [0.1, 0.15) is 13.8 Å². The highest BCUT2D eigenvalue weighted by atomic mass is 32.1. The Kier molecular flexibility index (Phi) is 7.52. The molecule has 0 aliphatic carbocycles. The molecule has 1 atom stereocenters. The molecule has 0 aliphatic rings. The average molecular weight is 136 g/mol. The molecule has 3 heteroatoms. The van der Waals surface area contributed by atoms with Gasteiger partial charge in [-0.25, -0.2) is 0 Å². The summed E-state index contributed by atoms with van der Waals surface area (Å²) >= 11 is 0. The van der Waals surface area contributed by atoms with E-state index in [1.807, 2.05) is 0 Å². The van der Waals surface area contributed by atoms with Crippen LogP contribution in [-0.2, 0) is 0 Å². The molecule has 4 N–H and O–H groups in total. The van der Waals surface area contributed by atoms with Gasteiger partial charge < -0.3 is 11.5 Å². The highest BCUT2D eigenvalue weighted by Crippen LogP contribution is 1.93. The van der Waals surface area contributed by atoms with Crippen LogP contribution in [0, 0.1) is 5.92 Å². The molecule has 0 unspecified atom stereocenters. The second-order valence-electron chi connectivity index (χ2n) is 2.14. The van der Waals surface area contributed by atoms with Crippen LogP contribution in [-0.4, -0.2) is 12.6 Å². The van der Waals surface area contributed by atoms with E-state index in [2.05, 4.69) is 13.8 Å². The first kappa shape index (κ1) is 11.1. The summed E-state index contributed by atoms with van der Waals surface area (Å²) in [7, 11) is 0. The van der Waals surface area contributed by atoms with Gasteiger partial charge in [0.1, 0.15) is 0 Å². The monoisotopic (exact) mass is 136 g/mol. The maximum Gasteiger partial charge on any atom is 0.0186 e. The molecule has 52 valence electrons. The zero-order chi connectivity index (χ0) is 5.86. The Hall–Kier alpha value is 0.270. The number of rotatable bonds is 2. The lowest BCUT2D eigenvalue weighted by atomic mass is 10.1. The van der Waals surface area contributed by atoms with E-state index in [4.69, 9.17) is 11.5 Å². The largest absolute Gasteiger partial charge is 0.329 e. The third kappa shape index (κ3) is 4.43. The minimum Gasteiger partial charge on any atom is -0.329 e. The number of hydrogen-bond acceptors (Lipinski definition) is 2. The third-order valence-electron chi connectivity index (χ3n) is 1.13. The van der Waals surface area contributed by atoms with Crippen LogP contribution >= 0.6 is 13.5 Å². The molecule has 0 rings (SSSR count). The summed E-state index contributed by atoms with van der Waals surface area (Å²) in [5, 5.41) is 0. The van der Waals surface area contributed by atoms with Gasteiger partial charge in [0.15, 0.2) is 0 Å². The van der Waals surface area contributed by atoms with Gasteiger partial charge in [-0.1, -0.05) is 13.8 Å². The van der Waals surface area contributed by atoms with Crippen molar-refractivity contribution in [3.8, 4) is 0 Å². The van der Waals surface area contributed by atoms with Gasteiger partial charge in [0.25, 0.3) is 0 Å². The molecule has 0 aromatic rings. The maximum absolute atomic E-state index is 5.49. The van der Waals surface area contributed by atoms with Crippen molar-refractivity contribution in [2.75, 3.05) is 6.54 Å². The van der Waals surface area contributed by atoms with Crippen LogP contribution in [0.4, 0.5) is 0 Å². The molecule has 0 aliphatic heterocycles. The lowest BCUT2D eigenvalue weighted by Crippen LogP contribution is -2.34. The van der Waals surface area contributed by atoms with Gasteiger partial charge in [-0.15, -0.1) is 0 Å². The average Bonchev–Trinajstić information content (AvgIpc) is 1.65. The Balaban J connectivity index is 0. The van der Waals surface area contributed by atoms with Crippen molar-refractivity contribution in [1.82, 2.24) is 0 Å². The van der Waals surface area contributed by atoms with Crippen molar-refractivity contribution >= 4 is 13.5 Å². The second kappa shape index (κ2) is 5.41. The van der Waals surface area contributed by atoms with Crippen LogP contribution in [0.5, 0.6) is 0 Å². The topological polar surface area (TPSA) is 52.0 Å². The minimum atomic E-state index is 0. The first-order chi connectivity index (χ1) is 3.18. The summed E-state index contributed by atoms with van der Waals surface area (Å²) in [6.07, 6.45) is 0. The highest BCUT2D eigenvalue weighted by Gasteiger charge is 2.01. The Bertz CT molecular complexity index is 47.7. The van der Waals surface area contributed by atoms with Gasteiger partial charge >= 0.3 is 0 Å². The fourth-order valence-corrected chi connectivity index (χ4v) is 0.272. The quantitative estimate of drug-likeness (QED) is 0.563. The van der Waals surface area contributed by atoms with E-state index < -0.39 is 0 Å². The van der Waals surface area contributed by atoms with Crippen molar-refractivity contribution in [3.63, 3.8) is 0 Å². The first-order valence-electron chi connectivity index (χ1n) is 2.64. The maximum atomic E-state index is 5.49. The van der Waals surface area contributed by atoms with E-state index in [9.17, 15) is 0 Å². The van der Waals surface area contributed by atoms with E-state index >= 15 is 0 Å². The highest BCUT2D eigenvalue weighted by molar-refractivity contribution is 7.59. The molecule has 0 fully saturated rings. The van der Waals surface area contributed by atoms with Crippen LogP contribution < -0.4 is 11.5 Å². The SMILES string of the molecule is CC(C)[C@H](N)CN.S. The Morgan fingerprint density at radius 3 is 1.75 bits per heavy atom. The summed E-state index contributed by atoms with van der Waals surface area (Å²) in [6, 6.07) is 0.181. The number of nitrogens with two attached hydrogens (primary N) is 2. The lowest BCUT2D eigenvalue weighted by Gasteiger charge is -2.10. The van der Waals surface area contributed by atoms with E-state index in [1.165, 1.54) is 0 Å². The van der Waals surface area contributed by atoms with Crippen LogP contribution in [0.25, 0.3) is 0 Å². The normalized spacial score (nSPS) is 13.1. The van der Waals surface area contributed by atoms with Crippen molar-refractivity contribution in [3.05, 3.63) is 0 Å². The predicted octanol–water partition coefficient (Wildman–Crippen LogP) is 0.0412. The van der Waals surface area contributed by atoms with Crippen molar-refractivity contribution in [2.45, 2.75) is 19.9 Å². The first-order valence-corrected chi connectivity index (χ1v) is 2.64. The van der Waals surface area contributed by atoms with Crippen molar-refractivity contribution < 1.29 is 0 Å². The van der Waals surface area contributed by atoms with Gasteiger partial charge in [0.05, 0.1) is 0 Å². The zero-order valence-corrected chi connectivity index (χ0v) is 6.52. The predicted molar refractivity (Wildman–Crippen MR) is 42.2 cm³/mol. The Morgan fingerprint density at radius 1 is 1.38 bits per heavy atom. The molecule has 0 saturated heterocycles. The molecule has 0 heterocycles. The molecule has 0 spiro atoms. The van der Waals surface area contributed by atoms with E-state index in [1.54, 1.807) is 0 Å². The Labute approximate surface area is 58.1 Å². The summed E-state index contributed by atoms with van der Waals surface area (Å²) in [5.41, 5.74) is 10.7. The van der Waals surface area contributed by atoms with Crippen LogP contribution in [0.15, 0.2) is 0 Å². The number of hydrogen-bond donors (Lipinski definition) is 2. The standard InChI is InChI=1S/C5H14N2.H2S/c1-4(2)5(7)3-6;/h4-5H,3,6-7H2,1-2H3;1H2/t5-;/m1./s1. The molecular weight excluding hydrogens is 120 g/mol. The molecule has 0 aromatic heterocycles. The fraction of sp³-hybridized carbons (Fsp3) is 1.00. The summed E-state index contributed by atoms with van der Waals surface area (Å²) in [5.74, 6) is 0.519. The lowest BCUT2D eigenvalue weighted by molar-refractivity contribution is 0.501. The van der Waals surface area contributed by atoms with Gasteiger partial charge in [-0.3, -0.25) is 0 Å².